The first kappa shape index (κ1) is 17.7. The van der Waals surface area contributed by atoms with Gasteiger partial charge in [-0.05, 0) is 37.8 Å². The molecule has 2 heterocycles. The quantitative estimate of drug-likeness (QED) is 0.856. The number of amides is 3. The number of carbonyl (C=O) groups is 2. The number of nitrogens with one attached hydrogen (secondary N) is 2. The van der Waals surface area contributed by atoms with Gasteiger partial charge in [0.05, 0.1) is 0 Å². The van der Waals surface area contributed by atoms with Crippen molar-refractivity contribution in [3.8, 4) is 11.5 Å². The van der Waals surface area contributed by atoms with Gasteiger partial charge in [0, 0.05) is 42.9 Å². The van der Waals surface area contributed by atoms with E-state index in [0.29, 0.717) is 43.4 Å². The zero-order valence-electron chi connectivity index (χ0n) is 15.5. The largest absolute Gasteiger partial charge is 0.486 e. The van der Waals surface area contributed by atoms with Crippen LogP contribution in [-0.4, -0.2) is 43.6 Å². The van der Waals surface area contributed by atoms with Gasteiger partial charge in [0.15, 0.2) is 11.5 Å². The van der Waals surface area contributed by atoms with E-state index in [1.54, 1.807) is 23.1 Å². The summed E-state index contributed by atoms with van der Waals surface area (Å²) in [6, 6.07) is 5.10. The Kier molecular flexibility index (Phi) is 4.68. The van der Waals surface area contributed by atoms with Crippen LogP contribution in [0.15, 0.2) is 30.0 Å². The molecule has 2 aliphatic heterocycles. The van der Waals surface area contributed by atoms with Crippen molar-refractivity contribution in [3.63, 3.8) is 0 Å². The second kappa shape index (κ2) is 7.13. The Balaban J connectivity index is 1.41. The fourth-order valence-electron chi connectivity index (χ4n) is 4.23. The molecule has 0 spiro atoms. The summed E-state index contributed by atoms with van der Waals surface area (Å²) in [5.41, 5.74) is 1.57. The molecule has 3 aliphatic rings. The number of hydrogen-bond acceptors (Lipinski definition) is 4. The third-order valence-corrected chi connectivity index (χ3v) is 5.68. The third-order valence-electron chi connectivity index (χ3n) is 5.68. The highest BCUT2D eigenvalue weighted by Crippen LogP contribution is 2.45. The van der Waals surface area contributed by atoms with E-state index in [4.69, 9.17) is 9.47 Å². The van der Waals surface area contributed by atoms with Gasteiger partial charge in [-0.2, -0.15) is 0 Å². The van der Waals surface area contributed by atoms with Gasteiger partial charge in [-0.3, -0.25) is 4.79 Å². The Morgan fingerprint density at radius 2 is 2.04 bits per heavy atom. The lowest BCUT2D eigenvalue weighted by Crippen LogP contribution is -2.49. The third kappa shape index (κ3) is 3.46. The summed E-state index contributed by atoms with van der Waals surface area (Å²) in [5.74, 6) is 1.49. The van der Waals surface area contributed by atoms with Gasteiger partial charge >= 0.3 is 6.03 Å². The Bertz CT molecular complexity index is 791. The molecule has 1 aromatic carbocycles. The molecule has 0 bridgehead atoms. The molecule has 7 heteroatoms. The maximum Gasteiger partial charge on any atom is 0.319 e. The molecule has 0 radical (unpaired) electrons. The van der Waals surface area contributed by atoms with Gasteiger partial charge in [-0.25, -0.2) is 4.79 Å². The van der Waals surface area contributed by atoms with Gasteiger partial charge in [-0.1, -0.05) is 6.08 Å². The molecule has 3 amide bonds. The fraction of sp³-hybridized carbons (Fsp3) is 0.500. The molecule has 1 fully saturated rings. The molecule has 1 saturated heterocycles. The minimum Gasteiger partial charge on any atom is -0.486 e. The Morgan fingerprint density at radius 3 is 2.89 bits per heavy atom. The van der Waals surface area contributed by atoms with Crippen LogP contribution in [0.25, 0.3) is 0 Å². The highest BCUT2D eigenvalue weighted by Gasteiger charge is 2.43. The minimum absolute atomic E-state index is 0.148. The monoisotopic (exact) mass is 371 g/mol. The number of carbonyl (C=O) groups excluding carboxylic acids is 2. The molecule has 0 aromatic heterocycles. The summed E-state index contributed by atoms with van der Waals surface area (Å²) in [4.78, 5) is 26.3. The molecule has 1 atom stereocenters. The average molecular weight is 371 g/mol. The van der Waals surface area contributed by atoms with Crippen molar-refractivity contribution in [3.05, 3.63) is 30.0 Å². The summed E-state index contributed by atoms with van der Waals surface area (Å²) < 4.78 is 11.0. The Hall–Kier alpha value is -2.70. The number of fused-ring (bicyclic) bond motifs is 2. The first-order valence-corrected chi connectivity index (χ1v) is 9.49. The second-order valence-corrected chi connectivity index (χ2v) is 7.38. The summed E-state index contributed by atoms with van der Waals surface area (Å²) in [6.45, 7) is 1.56. The van der Waals surface area contributed by atoms with Crippen LogP contribution in [0.3, 0.4) is 0 Å². The fourth-order valence-corrected chi connectivity index (χ4v) is 4.23. The highest BCUT2D eigenvalue weighted by molar-refractivity contribution is 5.89. The van der Waals surface area contributed by atoms with Crippen LogP contribution < -0.4 is 20.1 Å². The lowest BCUT2D eigenvalue weighted by molar-refractivity contribution is -0.132. The van der Waals surface area contributed by atoms with E-state index in [1.165, 1.54) is 0 Å². The molecule has 7 nitrogen and oxygen atoms in total. The van der Waals surface area contributed by atoms with Crippen LogP contribution in [0.2, 0.25) is 0 Å². The Labute approximate surface area is 158 Å². The molecule has 2 N–H and O–H groups in total. The van der Waals surface area contributed by atoms with Crippen LogP contribution in [-0.2, 0) is 4.79 Å². The first-order chi connectivity index (χ1) is 13.1. The Morgan fingerprint density at radius 1 is 1.22 bits per heavy atom. The summed E-state index contributed by atoms with van der Waals surface area (Å²) >= 11 is 0. The van der Waals surface area contributed by atoms with Crippen molar-refractivity contribution >= 4 is 17.6 Å². The van der Waals surface area contributed by atoms with Crippen molar-refractivity contribution < 1.29 is 19.1 Å². The number of ether oxygens (including phenoxy) is 2. The van der Waals surface area contributed by atoms with Gasteiger partial charge in [0.25, 0.3) is 0 Å². The van der Waals surface area contributed by atoms with E-state index in [1.807, 2.05) is 7.05 Å². The van der Waals surface area contributed by atoms with Gasteiger partial charge in [-0.15, -0.1) is 0 Å². The summed E-state index contributed by atoms with van der Waals surface area (Å²) in [6.07, 6.45) is 6.52. The molecule has 1 unspecified atom stereocenters. The van der Waals surface area contributed by atoms with Crippen LogP contribution in [0, 0.1) is 5.41 Å². The normalized spacial score (nSPS) is 24.0. The van der Waals surface area contributed by atoms with Gasteiger partial charge < -0.3 is 25.0 Å². The molecular weight excluding hydrogens is 346 g/mol. The SMILES string of the molecule is CN1C(=O)CCC2(CNC(=O)Nc3ccc4c(c3)OCCO4)CCCC=C12. The maximum absolute atomic E-state index is 12.4. The smallest absolute Gasteiger partial charge is 0.319 e. The van der Waals surface area contributed by atoms with Gasteiger partial charge in [0.2, 0.25) is 5.91 Å². The molecule has 4 rings (SSSR count). The average Bonchev–Trinajstić information content (AvgIpc) is 2.70. The minimum atomic E-state index is -0.259. The van der Waals surface area contributed by atoms with Crippen molar-refractivity contribution in [1.82, 2.24) is 10.2 Å². The van der Waals surface area contributed by atoms with Crippen molar-refractivity contribution in [2.24, 2.45) is 5.41 Å². The zero-order chi connectivity index (χ0) is 18.9. The van der Waals surface area contributed by atoms with E-state index >= 15 is 0 Å². The van der Waals surface area contributed by atoms with E-state index in [2.05, 4.69) is 16.7 Å². The number of nitrogens with zero attached hydrogens (tertiary/aromatic N) is 1. The van der Waals surface area contributed by atoms with Gasteiger partial charge in [0.1, 0.15) is 13.2 Å². The molecule has 27 heavy (non-hydrogen) atoms. The maximum atomic E-state index is 12.4. The molecule has 144 valence electrons. The lowest BCUT2D eigenvalue weighted by Gasteiger charge is -2.46. The number of benzene rings is 1. The van der Waals surface area contributed by atoms with Crippen molar-refractivity contribution in [1.29, 1.82) is 0 Å². The van der Waals surface area contributed by atoms with E-state index in [-0.39, 0.29) is 17.4 Å². The first-order valence-electron chi connectivity index (χ1n) is 9.49. The predicted molar refractivity (Wildman–Crippen MR) is 101 cm³/mol. The van der Waals surface area contributed by atoms with E-state index < -0.39 is 0 Å². The molecule has 1 aromatic rings. The highest BCUT2D eigenvalue weighted by atomic mass is 16.6. The molecular formula is C20H25N3O4. The zero-order valence-corrected chi connectivity index (χ0v) is 15.5. The number of hydrogen-bond donors (Lipinski definition) is 2. The van der Waals surface area contributed by atoms with Crippen LogP contribution >= 0.6 is 0 Å². The number of rotatable bonds is 3. The number of allylic oxidation sites excluding steroid dienone is 1. The molecule has 0 saturated carbocycles. The predicted octanol–water partition coefficient (Wildman–Crippen LogP) is 2.89. The van der Waals surface area contributed by atoms with E-state index in [0.717, 1.165) is 31.4 Å². The summed E-state index contributed by atoms with van der Waals surface area (Å²) in [7, 11) is 1.84. The topological polar surface area (TPSA) is 79.9 Å². The number of piperidine rings is 1. The second-order valence-electron chi connectivity index (χ2n) is 7.38. The van der Waals surface area contributed by atoms with Crippen LogP contribution in [0.4, 0.5) is 10.5 Å². The summed E-state index contributed by atoms with van der Waals surface area (Å²) in [5, 5.41) is 5.86. The standard InChI is InChI=1S/C20H25N3O4/c1-23-17-4-2-3-8-20(17,9-7-18(23)24)13-21-19(25)22-14-5-6-15-16(12-14)27-11-10-26-15/h4-6,12H,2-3,7-11,13H2,1H3,(H2,21,22,25). The number of urea groups is 1. The van der Waals surface area contributed by atoms with Crippen molar-refractivity contribution in [2.45, 2.75) is 32.1 Å². The van der Waals surface area contributed by atoms with Crippen molar-refractivity contribution in [2.75, 3.05) is 32.1 Å². The molecule has 1 aliphatic carbocycles. The number of anilines is 1. The lowest BCUT2D eigenvalue weighted by atomic mass is 9.70. The number of likely N-dealkylation sites (tertiary alicyclic amines) is 1. The van der Waals surface area contributed by atoms with E-state index in [9.17, 15) is 9.59 Å². The van der Waals surface area contributed by atoms with Crippen LogP contribution in [0.5, 0.6) is 11.5 Å². The van der Waals surface area contributed by atoms with Crippen LogP contribution in [0.1, 0.15) is 32.1 Å².